The van der Waals surface area contributed by atoms with Gasteiger partial charge >= 0.3 is 11.9 Å². The third-order valence-electron chi connectivity index (χ3n) is 2.59. The summed E-state index contributed by atoms with van der Waals surface area (Å²) in [6.45, 7) is 1.73. The van der Waals surface area contributed by atoms with Gasteiger partial charge in [-0.3, -0.25) is 9.59 Å². The molecule has 0 fully saturated rings. The summed E-state index contributed by atoms with van der Waals surface area (Å²) in [6.07, 6.45) is -0.550. The van der Waals surface area contributed by atoms with Crippen molar-refractivity contribution >= 4 is 17.8 Å². The van der Waals surface area contributed by atoms with Gasteiger partial charge < -0.3 is 15.2 Å². The van der Waals surface area contributed by atoms with Gasteiger partial charge in [0.15, 0.2) is 0 Å². The molecule has 2 N–H and O–H groups in total. The number of carbonyl (C=O) groups excluding carboxylic acids is 2. The Morgan fingerprint density at radius 1 is 1.29 bits per heavy atom. The van der Waals surface area contributed by atoms with Gasteiger partial charge in [-0.15, -0.1) is 0 Å². The molecule has 0 saturated heterocycles. The topological polar surface area (TPSA) is 92.7 Å². The highest BCUT2D eigenvalue weighted by atomic mass is 19.1. The van der Waals surface area contributed by atoms with Gasteiger partial charge in [-0.1, -0.05) is 12.1 Å². The third kappa shape index (κ3) is 6.03. The molecule has 21 heavy (non-hydrogen) atoms. The van der Waals surface area contributed by atoms with Crippen LogP contribution in [0.25, 0.3) is 0 Å². The average molecular weight is 297 g/mol. The number of amides is 1. The van der Waals surface area contributed by atoms with Crippen LogP contribution in [0.1, 0.15) is 18.9 Å². The van der Waals surface area contributed by atoms with Gasteiger partial charge in [0.1, 0.15) is 11.9 Å². The quantitative estimate of drug-likeness (QED) is 0.729. The van der Waals surface area contributed by atoms with Crippen molar-refractivity contribution < 1.29 is 28.6 Å². The number of benzene rings is 1. The largest absolute Gasteiger partial charge is 0.480 e. The van der Waals surface area contributed by atoms with E-state index >= 15 is 0 Å². The van der Waals surface area contributed by atoms with E-state index in [0.717, 1.165) is 0 Å². The van der Waals surface area contributed by atoms with Crippen molar-refractivity contribution in [2.24, 2.45) is 0 Å². The number of hydrogen-bond donors (Lipinski definition) is 2. The molecular formula is C14H16FNO5. The Balaban J connectivity index is 2.58. The summed E-state index contributed by atoms with van der Waals surface area (Å²) < 4.78 is 17.4. The highest BCUT2D eigenvalue weighted by molar-refractivity contribution is 5.87. The summed E-state index contributed by atoms with van der Waals surface area (Å²) >= 11 is 0. The molecule has 0 unspecified atom stereocenters. The van der Waals surface area contributed by atoms with Crippen LogP contribution >= 0.6 is 0 Å². The summed E-state index contributed by atoms with van der Waals surface area (Å²) in [5.74, 6) is -3.02. The van der Waals surface area contributed by atoms with E-state index in [2.05, 4.69) is 10.1 Å². The van der Waals surface area contributed by atoms with Crippen LogP contribution in [-0.2, 0) is 25.5 Å². The number of esters is 1. The Hall–Kier alpha value is -2.44. The van der Waals surface area contributed by atoms with Crippen LogP contribution in [0.4, 0.5) is 4.39 Å². The number of halogens is 1. The first-order valence-electron chi connectivity index (χ1n) is 6.34. The molecule has 7 heteroatoms. The van der Waals surface area contributed by atoms with Crippen LogP contribution in [0.15, 0.2) is 24.3 Å². The smallest absolute Gasteiger partial charge is 0.326 e. The van der Waals surface area contributed by atoms with Crippen LogP contribution in [0.2, 0.25) is 0 Å². The molecule has 1 aromatic rings. The fourth-order valence-electron chi connectivity index (χ4n) is 1.62. The normalized spacial score (nSPS) is 11.5. The second-order valence-corrected chi connectivity index (χ2v) is 4.27. The molecule has 0 saturated carbocycles. The van der Waals surface area contributed by atoms with Crippen molar-refractivity contribution in [1.29, 1.82) is 0 Å². The van der Waals surface area contributed by atoms with Gasteiger partial charge in [-0.2, -0.15) is 0 Å². The lowest BCUT2D eigenvalue weighted by Crippen LogP contribution is -2.43. The second kappa shape index (κ2) is 7.98. The fraction of sp³-hybridized carbons (Fsp3) is 0.357. The minimum Gasteiger partial charge on any atom is -0.480 e. The molecular weight excluding hydrogens is 281 g/mol. The van der Waals surface area contributed by atoms with Crippen LogP contribution < -0.4 is 5.32 Å². The summed E-state index contributed by atoms with van der Waals surface area (Å²) in [4.78, 5) is 34.0. The zero-order valence-electron chi connectivity index (χ0n) is 11.5. The van der Waals surface area contributed by atoms with E-state index < -0.39 is 36.1 Å². The maximum atomic E-state index is 12.7. The molecule has 0 radical (unpaired) electrons. The Morgan fingerprint density at radius 3 is 2.43 bits per heavy atom. The molecule has 1 amide bonds. The van der Waals surface area contributed by atoms with Gasteiger partial charge in [-0.25, -0.2) is 9.18 Å². The first-order valence-corrected chi connectivity index (χ1v) is 6.34. The molecule has 1 rings (SSSR count). The summed E-state index contributed by atoms with van der Waals surface area (Å²) in [7, 11) is 0. The molecule has 114 valence electrons. The van der Waals surface area contributed by atoms with E-state index in [4.69, 9.17) is 5.11 Å². The van der Waals surface area contributed by atoms with E-state index in [1.54, 1.807) is 6.92 Å². The molecule has 0 aliphatic carbocycles. The first-order chi connectivity index (χ1) is 9.92. The minimum absolute atomic E-state index is 0.104. The standard InChI is InChI=1S/C14H16FNO5/c1-2-21-13(18)8-11(14(19)20)16-12(17)7-9-3-5-10(15)6-4-9/h3-6,11H,2,7-8H2,1H3,(H,16,17)(H,19,20)/t11-/m1/s1. The average Bonchev–Trinajstić information content (AvgIpc) is 2.41. The van der Waals surface area contributed by atoms with Crippen molar-refractivity contribution in [3.8, 4) is 0 Å². The molecule has 0 aliphatic rings. The van der Waals surface area contributed by atoms with Gasteiger partial charge in [0, 0.05) is 0 Å². The van der Waals surface area contributed by atoms with Crippen molar-refractivity contribution in [3.63, 3.8) is 0 Å². The SMILES string of the molecule is CCOC(=O)C[C@@H](NC(=O)Cc1ccc(F)cc1)C(=O)O. The number of rotatable bonds is 7. The fourth-order valence-corrected chi connectivity index (χ4v) is 1.62. The zero-order chi connectivity index (χ0) is 15.8. The maximum absolute atomic E-state index is 12.7. The summed E-state index contributed by atoms with van der Waals surface area (Å²) in [5.41, 5.74) is 0.536. The van der Waals surface area contributed by atoms with Crippen molar-refractivity contribution in [3.05, 3.63) is 35.6 Å². The highest BCUT2D eigenvalue weighted by Crippen LogP contribution is 2.04. The molecule has 0 heterocycles. The molecule has 0 aliphatic heterocycles. The lowest BCUT2D eigenvalue weighted by molar-refractivity contribution is -0.150. The van der Waals surface area contributed by atoms with Crippen LogP contribution in [0.5, 0.6) is 0 Å². The molecule has 0 bridgehead atoms. The Morgan fingerprint density at radius 2 is 1.90 bits per heavy atom. The molecule has 0 spiro atoms. The summed E-state index contributed by atoms with van der Waals surface area (Å²) in [5, 5.41) is 11.2. The van der Waals surface area contributed by atoms with Gasteiger partial charge in [0.05, 0.1) is 19.4 Å². The van der Waals surface area contributed by atoms with Gasteiger partial charge in [0.2, 0.25) is 5.91 Å². The number of nitrogens with one attached hydrogen (secondary N) is 1. The van der Waals surface area contributed by atoms with E-state index in [-0.39, 0.29) is 13.0 Å². The predicted molar refractivity (Wildman–Crippen MR) is 70.9 cm³/mol. The number of ether oxygens (including phenoxy) is 1. The summed E-state index contributed by atoms with van der Waals surface area (Å²) in [6, 6.07) is 3.91. The maximum Gasteiger partial charge on any atom is 0.326 e. The lowest BCUT2D eigenvalue weighted by atomic mass is 10.1. The van der Waals surface area contributed by atoms with Crippen molar-refractivity contribution in [1.82, 2.24) is 5.32 Å². The van der Waals surface area contributed by atoms with E-state index in [1.807, 2.05) is 0 Å². The molecule has 0 aromatic heterocycles. The number of carboxylic acid groups (broad SMARTS) is 1. The predicted octanol–water partition coefficient (Wildman–Crippen LogP) is 0.891. The monoisotopic (exact) mass is 297 g/mol. The van der Waals surface area contributed by atoms with Crippen molar-refractivity contribution in [2.45, 2.75) is 25.8 Å². The van der Waals surface area contributed by atoms with Crippen LogP contribution in [0.3, 0.4) is 0 Å². The number of aliphatic carboxylic acids is 1. The second-order valence-electron chi connectivity index (χ2n) is 4.27. The molecule has 6 nitrogen and oxygen atoms in total. The Labute approximate surface area is 120 Å². The highest BCUT2D eigenvalue weighted by Gasteiger charge is 2.23. The lowest BCUT2D eigenvalue weighted by Gasteiger charge is -2.13. The zero-order valence-corrected chi connectivity index (χ0v) is 11.5. The first kappa shape index (κ1) is 16.6. The molecule has 1 atom stereocenters. The van der Waals surface area contributed by atoms with Crippen molar-refractivity contribution in [2.75, 3.05) is 6.61 Å². The van der Waals surface area contributed by atoms with E-state index in [1.165, 1.54) is 24.3 Å². The van der Waals surface area contributed by atoms with Crippen LogP contribution in [-0.4, -0.2) is 35.6 Å². The van der Waals surface area contributed by atoms with Crippen LogP contribution in [0, 0.1) is 5.82 Å². The Kier molecular flexibility index (Phi) is 6.32. The number of carboxylic acids is 1. The van der Waals surface area contributed by atoms with E-state index in [0.29, 0.717) is 5.56 Å². The van der Waals surface area contributed by atoms with Gasteiger partial charge in [-0.05, 0) is 24.6 Å². The van der Waals surface area contributed by atoms with Gasteiger partial charge in [0.25, 0.3) is 0 Å². The van der Waals surface area contributed by atoms with E-state index in [9.17, 15) is 18.8 Å². The molecule has 1 aromatic carbocycles. The number of carbonyl (C=O) groups is 3. The Bertz CT molecular complexity index is 515. The number of hydrogen-bond acceptors (Lipinski definition) is 4. The minimum atomic E-state index is -1.35. The third-order valence-corrected chi connectivity index (χ3v) is 2.59.